The zero-order valence-electron chi connectivity index (χ0n) is 14.8. The van der Waals surface area contributed by atoms with E-state index >= 15 is 0 Å². The molecule has 0 bridgehead atoms. The molecule has 2 fully saturated rings. The number of halogens is 1. The van der Waals surface area contributed by atoms with Gasteiger partial charge in [0.1, 0.15) is 5.82 Å². The summed E-state index contributed by atoms with van der Waals surface area (Å²) in [5.74, 6) is 1.10. The minimum atomic E-state index is -0.133. The van der Waals surface area contributed by atoms with Crippen molar-refractivity contribution in [3.63, 3.8) is 0 Å². The van der Waals surface area contributed by atoms with E-state index < -0.39 is 0 Å². The molecule has 2 saturated heterocycles. The molecule has 0 radical (unpaired) electrons. The molecule has 1 aromatic heterocycles. The highest BCUT2D eigenvalue weighted by molar-refractivity contribution is 7.16. The van der Waals surface area contributed by atoms with Crippen LogP contribution in [0.3, 0.4) is 0 Å². The van der Waals surface area contributed by atoms with E-state index in [1.807, 2.05) is 11.6 Å². The summed E-state index contributed by atoms with van der Waals surface area (Å²) in [7, 11) is 2.18. The second-order valence-electron chi connectivity index (χ2n) is 7.68. The predicted molar refractivity (Wildman–Crippen MR) is 104 cm³/mol. The van der Waals surface area contributed by atoms with Crippen LogP contribution in [0.5, 0.6) is 0 Å². The van der Waals surface area contributed by atoms with Gasteiger partial charge in [0.2, 0.25) is 0 Å². The second-order valence-corrected chi connectivity index (χ2v) is 8.53. The lowest BCUT2D eigenvalue weighted by molar-refractivity contribution is 0.224. The highest BCUT2D eigenvalue weighted by Gasteiger charge is 2.46. The van der Waals surface area contributed by atoms with Gasteiger partial charge in [-0.1, -0.05) is 24.3 Å². The number of benzene rings is 2. The van der Waals surface area contributed by atoms with Gasteiger partial charge >= 0.3 is 0 Å². The minimum absolute atomic E-state index is 0.133. The molecule has 0 aliphatic carbocycles. The molecule has 0 saturated carbocycles. The van der Waals surface area contributed by atoms with Gasteiger partial charge < -0.3 is 0 Å². The van der Waals surface area contributed by atoms with Crippen LogP contribution in [0, 0.1) is 17.7 Å². The first kappa shape index (κ1) is 16.4. The van der Waals surface area contributed by atoms with Crippen LogP contribution in [0.15, 0.2) is 48.0 Å². The molecule has 5 heteroatoms. The molecule has 2 aliphatic heterocycles. The lowest BCUT2D eigenvalue weighted by atomic mass is 9.89. The third-order valence-electron chi connectivity index (χ3n) is 5.99. The number of aromatic nitrogens is 1. The minimum Gasteiger partial charge on any atom is -0.299 e. The van der Waals surface area contributed by atoms with Crippen molar-refractivity contribution < 1.29 is 4.39 Å². The van der Waals surface area contributed by atoms with Crippen LogP contribution in [0.25, 0.3) is 10.2 Å². The molecule has 5 rings (SSSR count). The van der Waals surface area contributed by atoms with Crippen molar-refractivity contribution >= 4 is 21.6 Å². The van der Waals surface area contributed by atoms with Crippen molar-refractivity contribution in [2.24, 2.45) is 11.8 Å². The smallest absolute Gasteiger partial charge is 0.123 e. The third-order valence-corrected chi connectivity index (χ3v) is 6.91. The first-order valence-electron chi connectivity index (χ1n) is 9.18. The molecule has 0 spiro atoms. The summed E-state index contributed by atoms with van der Waals surface area (Å²) in [6.45, 7) is 4.26. The van der Waals surface area contributed by atoms with Gasteiger partial charge in [0.15, 0.2) is 0 Å². The van der Waals surface area contributed by atoms with E-state index in [-0.39, 0.29) is 5.82 Å². The summed E-state index contributed by atoms with van der Waals surface area (Å²) in [5, 5.41) is 0. The average molecular weight is 367 g/mol. The summed E-state index contributed by atoms with van der Waals surface area (Å²) < 4.78 is 15.0. The Kier molecular flexibility index (Phi) is 4.03. The van der Waals surface area contributed by atoms with E-state index in [4.69, 9.17) is 0 Å². The summed E-state index contributed by atoms with van der Waals surface area (Å²) in [5.41, 5.74) is 5.53. The Labute approximate surface area is 157 Å². The normalized spacial score (nSPS) is 26.6. The predicted octanol–water partition coefficient (Wildman–Crippen LogP) is 4.17. The van der Waals surface area contributed by atoms with Gasteiger partial charge in [-0.15, -0.1) is 11.3 Å². The molecule has 2 aromatic carbocycles. The fourth-order valence-corrected chi connectivity index (χ4v) is 5.78. The zero-order chi connectivity index (χ0) is 17.7. The topological polar surface area (TPSA) is 19.4 Å². The van der Waals surface area contributed by atoms with Gasteiger partial charge in [0.05, 0.1) is 15.7 Å². The number of nitrogens with zero attached hydrogens (tertiary/aromatic N) is 3. The van der Waals surface area contributed by atoms with Crippen molar-refractivity contribution in [3.05, 3.63) is 64.9 Å². The van der Waals surface area contributed by atoms with Crippen molar-refractivity contribution in [3.8, 4) is 0 Å². The van der Waals surface area contributed by atoms with E-state index in [9.17, 15) is 4.39 Å². The molecule has 3 nitrogen and oxygen atoms in total. The van der Waals surface area contributed by atoms with Crippen LogP contribution in [-0.4, -0.2) is 41.5 Å². The molecule has 26 heavy (non-hydrogen) atoms. The number of rotatable bonds is 3. The van der Waals surface area contributed by atoms with E-state index in [1.165, 1.54) is 16.3 Å². The monoisotopic (exact) mass is 367 g/mol. The van der Waals surface area contributed by atoms with Crippen LogP contribution in [0.4, 0.5) is 4.39 Å². The second kappa shape index (κ2) is 6.41. The highest BCUT2D eigenvalue weighted by atomic mass is 32.1. The van der Waals surface area contributed by atoms with E-state index in [1.54, 1.807) is 17.4 Å². The zero-order valence-corrected chi connectivity index (χ0v) is 15.6. The average Bonchev–Trinajstić information content (AvgIpc) is 3.29. The number of likely N-dealkylation sites (tertiary alicyclic amines) is 2. The number of fused-ring (bicyclic) bond motifs is 2. The standard InChI is InChI=1S/C21H22FN3S/c1-24-9-16-11-25(10-15-5-3-7-19-21(15)26-13-23-19)12-18(16)20(24)14-4-2-6-17(22)8-14/h2-8,13,16,18,20H,9-12H2,1H3/t16-,18+,20-/m0/s1. The fraction of sp³-hybridized carbons (Fsp3) is 0.381. The quantitative estimate of drug-likeness (QED) is 0.693. The molecule has 3 aromatic rings. The molecule has 0 N–H and O–H groups in total. The van der Waals surface area contributed by atoms with Crippen molar-refractivity contribution in [1.82, 2.24) is 14.8 Å². The van der Waals surface area contributed by atoms with Crippen LogP contribution < -0.4 is 0 Å². The van der Waals surface area contributed by atoms with Crippen molar-refractivity contribution in [2.45, 2.75) is 12.6 Å². The van der Waals surface area contributed by atoms with Crippen LogP contribution in [0.2, 0.25) is 0 Å². The fourth-order valence-electron chi connectivity index (χ4n) is 4.98. The first-order chi connectivity index (χ1) is 12.7. The van der Waals surface area contributed by atoms with Gasteiger partial charge in [-0.25, -0.2) is 9.37 Å². The number of thiazole rings is 1. The van der Waals surface area contributed by atoms with Gasteiger partial charge in [0.25, 0.3) is 0 Å². The van der Waals surface area contributed by atoms with Crippen LogP contribution in [0.1, 0.15) is 17.2 Å². The maximum absolute atomic E-state index is 13.7. The Morgan fingerprint density at radius 3 is 2.92 bits per heavy atom. The summed E-state index contributed by atoms with van der Waals surface area (Å²) in [6, 6.07) is 13.9. The van der Waals surface area contributed by atoms with Gasteiger partial charge in [-0.2, -0.15) is 0 Å². The van der Waals surface area contributed by atoms with E-state index in [2.05, 4.69) is 46.1 Å². The highest BCUT2D eigenvalue weighted by Crippen LogP contribution is 2.44. The molecule has 0 unspecified atom stereocenters. The van der Waals surface area contributed by atoms with Gasteiger partial charge in [0, 0.05) is 32.2 Å². The van der Waals surface area contributed by atoms with Crippen LogP contribution >= 0.6 is 11.3 Å². The lowest BCUT2D eigenvalue weighted by Gasteiger charge is -2.27. The van der Waals surface area contributed by atoms with E-state index in [0.717, 1.165) is 37.3 Å². The molecule has 3 heterocycles. The lowest BCUT2D eigenvalue weighted by Crippen LogP contribution is -2.29. The molecular weight excluding hydrogens is 345 g/mol. The largest absolute Gasteiger partial charge is 0.299 e. The Bertz CT molecular complexity index is 940. The molecule has 0 amide bonds. The van der Waals surface area contributed by atoms with E-state index in [0.29, 0.717) is 17.9 Å². The number of hydrogen-bond donors (Lipinski definition) is 0. The van der Waals surface area contributed by atoms with Gasteiger partial charge in [-0.3, -0.25) is 9.80 Å². The summed E-state index contributed by atoms with van der Waals surface area (Å²) in [6.07, 6.45) is 0. The Morgan fingerprint density at radius 1 is 1.15 bits per heavy atom. The third kappa shape index (κ3) is 2.75. The molecule has 134 valence electrons. The maximum atomic E-state index is 13.7. The first-order valence-corrected chi connectivity index (χ1v) is 10.1. The summed E-state index contributed by atoms with van der Waals surface area (Å²) in [4.78, 5) is 9.42. The Hall–Kier alpha value is -1.82. The van der Waals surface area contributed by atoms with Crippen molar-refractivity contribution in [2.75, 3.05) is 26.7 Å². The number of hydrogen-bond acceptors (Lipinski definition) is 4. The van der Waals surface area contributed by atoms with Gasteiger partial charge in [-0.05, 0) is 48.2 Å². The Morgan fingerprint density at radius 2 is 2.04 bits per heavy atom. The maximum Gasteiger partial charge on any atom is 0.123 e. The molecule has 3 atom stereocenters. The Balaban J connectivity index is 1.37. The SMILES string of the molecule is CN1C[C@H]2CN(Cc3cccc4ncsc34)C[C@H]2[C@@H]1c1cccc(F)c1. The molecular formula is C21H22FN3S. The summed E-state index contributed by atoms with van der Waals surface area (Å²) >= 11 is 1.73. The molecule has 2 aliphatic rings. The van der Waals surface area contributed by atoms with Crippen molar-refractivity contribution in [1.29, 1.82) is 0 Å². The van der Waals surface area contributed by atoms with Crippen LogP contribution in [-0.2, 0) is 6.54 Å².